The molecule has 1 amide bonds. The summed E-state index contributed by atoms with van der Waals surface area (Å²) in [7, 11) is -3.65. The highest BCUT2D eigenvalue weighted by atomic mass is 32.2. The summed E-state index contributed by atoms with van der Waals surface area (Å²) in [6.07, 6.45) is 5.49. The molecule has 2 aromatic rings. The molecule has 0 unspecified atom stereocenters. The second kappa shape index (κ2) is 11.5. The monoisotopic (exact) mass is 501 g/mol. The zero-order chi connectivity index (χ0) is 26.4. The molecule has 0 fully saturated rings. The van der Waals surface area contributed by atoms with Gasteiger partial charge in [0.2, 0.25) is 15.9 Å². The minimum Gasteiger partial charge on any atom is -0.384 e. The molecule has 0 aliphatic rings. The lowest BCUT2D eigenvalue weighted by atomic mass is 9.86. The summed E-state index contributed by atoms with van der Waals surface area (Å²) in [6, 6.07) is 8.93. The minimum atomic E-state index is -3.65. The molecule has 190 valence electrons. The van der Waals surface area contributed by atoms with E-state index in [0.717, 1.165) is 24.1 Å². The second-order valence-corrected chi connectivity index (χ2v) is 11.7. The number of halogens is 1. The molecule has 0 atom stereocenters. The molecule has 0 aliphatic carbocycles. The lowest BCUT2D eigenvalue weighted by Crippen LogP contribution is -2.21. The molecule has 0 saturated carbocycles. The van der Waals surface area contributed by atoms with E-state index in [-0.39, 0.29) is 29.1 Å². The summed E-state index contributed by atoms with van der Waals surface area (Å²) in [6.45, 7) is 15.2. The summed E-state index contributed by atoms with van der Waals surface area (Å²) >= 11 is 0. The van der Waals surface area contributed by atoms with Gasteiger partial charge in [0.15, 0.2) is 0 Å². The van der Waals surface area contributed by atoms with Crippen LogP contribution in [0.15, 0.2) is 43.0 Å². The fourth-order valence-corrected chi connectivity index (χ4v) is 3.88. The zero-order valence-corrected chi connectivity index (χ0v) is 22.1. The highest BCUT2D eigenvalue weighted by molar-refractivity contribution is 7.92. The van der Waals surface area contributed by atoms with Crippen molar-refractivity contribution >= 4 is 39.5 Å². The molecule has 0 spiro atoms. The Hall–Kier alpha value is -3.13. The molecular formula is C27H36FN3O3S. The first-order valence-corrected chi connectivity index (χ1v) is 13.4. The molecule has 2 rings (SSSR count). The fourth-order valence-electron chi connectivity index (χ4n) is 3.29. The largest absolute Gasteiger partial charge is 0.384 e. The van der Waals surface area contributed by atoms with Crippen LogP contribution in [0.25, 0.3) is 12.2 Å². The number of benzene rings is 2. The molecule has 0 radical (unpaired) electrons. The normalized spacial score (nSPS) is 12.1. The van der Waals surface area contributed by atoms with Crippen LogP contribution < -0.4 is 15.4 Å². The molecule has 0 saturated heterocycles. The first kappa shape index (κ1) is 28.1. The average molecular weight is 502 g/mol. The minimum absolute atomic E-state index is 0.000170. The van der Waals surface area contributed by atoms with Crippen molar-refractivity contribution in [3.05, 3.63) is 71.1 Å². The number of carbonyl (C=O) groups is 1. The summed E-state index contributed by atoms with van der Waals surface area (Å²) in [5.41, 5.74) is 3.64. The van der Waals surface area contributed by atoms with Gasteiger partial charge in [0.25, 0.3) is 0 Å². The maximum absolute atomic E-state index is 14.5. The van der Waals surface area contributed by atoms with E-state index in [0.29, 0.717) is 11.5 Å². The van der Waals surface area contributed by atoms with E-state index in [2.05, 4.69) is 68.7 Å². The molecule has 2 aromatic carbocycles. The molecular weight excluding hydrogens is 465 g/mol. The summed E-state index contributed by atoms with van der Waals surface area (Å²) in [5, 5.41) is 6.20. The highest BCUT2D eigenvalue weighted by Gasteiger charge is 2.16. The summed E-state index contributed by atoms with van der Waals surface area (Å²) in [4.78, 5) is 12.5. The molecule has 35 heavy (non-hydrogen) atoms. The van der Waals surface area contributed by atoms with E-state index in [1.54, 1.807) is 12.1 Å². The van der Waals surface area contributed by atoms with E-state index in [4.69, 9.17) is 0 Å². The first-order valence-electron chi connectivity index (χ1n) is 11.5. The zero-order valence-electron chi connectivity index (χ0n) is 21.3. The molecule has 0 bridgehead atoms. The highest BCUT2D eigenvalue weighted by Crippen LogP contribution is 2.28. The second-order valence-electron chi connectivity index (χ2n) is 10.00. The van der Waals surface area contributed by atoms with Gasteiger partial charge in [-0.3, -0.25) is 9.52 Å². The number of anilines is 2. The molecule has 0 heterocycles. The Morgan fingerprint density at radius 1 is 1.14 bits per heavy atom. The van der Waals surface area contributed by atoms with Crippen molar-refractivity contribution < 1.29 is 17.6 Å². The smallest absolute Gasteiger partial charge is 0.244 e. The Morgan fingerprint density at radius 2 is 1.83 bits per heavy atom. The van der Waals surface area contributed by atoms with Crippen LogP contribution in [0.4, 0.5) is 15.8 Å². The van der Waals surface area contributed by atoms with Crippen LogP contribution in [-0.4, -0.2) is 27.1 Å². The van der Waals surface area contributed by atoms with Gasteiger partial charge in [-0.25, -0.2) is 12.8 Å². The quantitative estimate of drug-likeness (QED) is 0.373. The number of hydrogen-bond acceptors (Lipinski definition) is 4. The van der Waals surface area contributed by atoms with E-state index >= 15 is 0 Å². The predicted molar refractivity (Wildman–Crippen MR) is 144 cm³/mol. The van der Waals surface area contributed by atoms with Gasteiger partial charge in [0.1, 0.15) is 5.82 Å². The molecule has 8 heteroatoms. The third-order valence-electron chi connectivity index (χ3n) is 5.19. The van der Waals surface area contributed by atoms with Crippen LogP contribution in [0.5, 0.6) is 0 Å². The van der Waals surface area contributed by atoms with Crippen molar-refractivity contribution in [1.82, 2.24) is 5.32 Å². The number of rotatable bonds is 10. The van der Waals surface area contributed by atoms with Gasteiger partial charge < -0.3 is 10.6 Å². The fraction of sp³-hybridized carbons (Fsp3) is 0.370. The predicted octanol–water partition coefficient (Wildman–Crippen LogP) is 5.54. The van der Waals surface area contributed by atoms with Crippen LogP contribution >= 0.6 is 0 Å². The van der Waals surface area contributed by atoms with Crippen molar-refractivity contribution in [2.24, 2.45) is 5.92 Å². The van der Waals surface area contributed by atoms with Gasteiger partial charge >= 0.3 is 0 Å². The number of sulfonamides is 1. The number of nitrogens with one attached hydrogen (secondary N) is 3. The summed E-state index contributed by atoms with van der Waals surface area (Å²) < 4.78 is 39.6. The van der Waals surface area contributed by atoms with Crippen molar-refractivity contribution in [2.45, 2.75) is 46.6 Å². The molecule has 0 aliphatic heterocycles. The Morgan fingerprint density at radius 3 is 2.40 bits per heavy atom. The number of carbonyl (C=O) groups excluding carboxylic acids is 1. The van der Waals surface area contributed by atoms with Crippen molar-refractivity contribution in [1.29, 1.82) is 0 Å². The van der Waals surface area contributed by atoms with Gasteiger partial charge in [-0.2, -0.15) is 0 Å². The van der Waals surface area contributed by atoms with Gasteiger partial charge in [0, 0.05) is 30.4 Å². The first-order chi connectivity index (χ1) is 16.2. The Kier molecular flexibility index (Phi) is 9.26. The van der Waals surface area contributed by atoms with Crippen LogP contribution in [0.3, 0.4) is 0 Å². The average Bonchev–Trinajstić information content (AvgIpc) is 2.74. The van der Waals surface area contributed by atoms with Crippen molar-refractivity contribution in [3.63, 3.8) is 0 Å². The summed E-state index contributed by atoms with van der Waals surface area (Å²) in [5.74, 6) is -0.612. The maximum Gasteiger partial charge on any atom is 0.244 e. The molecule has 3 N–H and O–H groups in total. The Labute approximate surface area is 208 Å². The van der Waals surface area contributed by atoms with Crippen molar-refractivity contribution in [2.75, 3.05) is 22.8 Å². The standard InChI is InChI=1S/C27H36FN3O3S/c1-8-20-13-19(14-23(28)26(20)31-35(7,33)34)17-30-25(32)12-10-21-9-11-22(27(4,5)6)15-24(21)29-16-18(2)3/h8-15,18,29,31H,1,16-17H2,2-7H3,(H,30,32). The van der Waals surface area contributed by atoms with Crippen LogP contribution in [-0.2, 0) is 26.8 Å². The van der Waals surface area contributed by atoms with Crippen LogP contribution in [0.1, 0.15) is 56.9 Å². The Balaban J connectivity index is 2.16. The molecule has 0 aromatic heterocycles. The third-order valence-corrected chi connectivity index (χ3v) is 5.76. The lowest BCUT2D eigenvalue weighted by molar-refractivity contribution is -0.116. The van der Waals surface area contributed by atoms with Gasteiger partial charge in [0.05, 0.1) is 11.9 Å². The van der Waals surface area contributed by atoms with Gasteiger partial charge in [-0.15, -0.1) is 0 Å². The topological polar surface area (TPSA) is 87.3 Å². The maximum atomic E-state index is 14.5. The molecule has 6 nitrogen and oxygen atoms in total. The Bertz CT molecular complexity index is 1210. The van der Waals surface area contributed by atoms with E-state index in [1.165, 1.54) is 23.8 Å². The van der Waals surface area contributed by atoms with Crippen LogP contribution in [0, 0.1) is 11.7 Å². The van der Waals surface area contributed by atoms with E-state index < -0.39 is 15.8 Å². The number of amides is 1. The number of hydrogen-bond donors (Lipinski definition) is 3. The third kappa shape index (κ3) is 8.87. The van der Waals surface area contributed by atoms with E-state index in [1.807, 2.05) is 6.07 Å². The SMILES string of the molecule is C=Cc1cc(CNC(=O)C=Cc2ccc(C(C)(C)C)cc2NCC(C)C)cc(F)c1NS(C)(=O)=O. The lowest BCUT2D eigenvalue weighted by Gasteiger charge is -2.22. The van der Waals surface area contributed by atoms with Gasteiger partial charge in [-0.1, -0.05) is 59.4 Å². The van der Waals surface area contributed by atoms with Crippen LogP contribution in [0.2, 0.25) is 0 Å². The van der Waals surface area contributed by atoms with Crippen molar-refractivity contribution in [3.8, 4) is 0 Å². The van der Waals surface area contributed by atoms with Gasteiger partial charge in [-0.05, 0) is 52.3 Å². The van der Waals surface area contributed by atoms with E-state index in [9.17, 15) is 17.6 Å².